The largest absolute Gasteiger partial charge is 0.505 e. The number of ether oxygens (including phenoxy) is 1. The maximum absolute atomic E-state index is 11.6. The van der Waals surface area contributed by atoms with Crippen molar-refractivity contribution in [2.45, 2.75) is 4.90 Å². The van der Waals surface area contributed by atoms with Crippen molar-refractivity contribution in [1.82, 2.24) is 0 Å². The first-order chi connectivity index (χ1) is 11.9. The summed E-state index contributed by atoms with van der Waals surface area (Å²) in [6.45, 7) is 0. The van der Waals surface area contributed by atoms with Gasteiger partial charge in [0.15, 0.2) is 5.75 Å². The Morgan fingerprint density at radius 3 is 2.20 bits per heavy atom. The minimum Gasteiger partial charge on any atom is -0.505 e. The van der Waals surface area contributed by atoms with Crippen LogP contribution >= 0.6 is 0 Å². The van der Waals surface area contributed by atoms with E-state index in [0.717, 1.165) is 6.07 Å². The van der Waals surface area contributed by atoms with Gasteiger partial charge < -0.3 is 9.84 Å². The molecule has 0 amide bonds. The van der Waals surface area contributed by atoms with Crippen LogP contribution in [-0.4, -0.2) is 25.2 Å². The van der Waals surface area contributed by atoms with Crippen LogP contribution in [0.25, 0.3) is 10.8 Å². The highest BCUT2D eigenvalue weighted by Crippen LogP contribution is 2.39. The zero-order valence-electron chi connectivity index (χ0n) is 13.1. The molecule has 7 nitrogen and oxygen atoms in total. The van der Waals surface area contributed by atoms with Crippen molar-refractivity contribution in [3.63, 3.8) is 0 Å². The van der Waals surface area contributed by atoms with Gasteiger partial charge in [0.05, 0.1) is 12.8 Å². The Bertz CT molecular complexity index is 1060. The summed E-state index contributed by atoms with van der Waals surface area (Å²) in [5.41, 5.74) is 0.420. The number of hydrogen-bond donors (Lipinski definition) is 2. The number of phenols is 1. The Kier molecular flexibility index (Phi) is 4.39. The smallest absolute Gasteiger partial charge is 0.295 e. The van der Waals surface area contributed by atoms with Gasteiger partial charge in [-0.05, 0) is 30.3 Å². The van der Waals surface area contributed by atoms with Crippen LogP contribution in [-0.2, 0) is 10.1 Å². The Hall–Kier alpha value is -2.97. The van der Waals surface area contributed by atoms with Crippen LogP contribution in [0.3, 0.4) is 0 Å². The van der Waals surface area contributed by atoms with E-state index in [4.69, 9.17) is 4.74 Å². The highest BCUT2D eigenvalue weighted by molar-refractivity contribution is 7.86. The summed E-state index contributed by atoms with van der Waals surface area (Å²) in [5.74, 6) is 0.432. The molecule has 3 rings (SSSR count). The van der Waals surface area contributed by atoms with Crippen molar-refractivity contribution < 1.29 is 22.8 Å². The molecule has 0 spiro atoms. The van der Waals surface area contributed by atoms with E-state index in [1.807, 2.05) is 0 Å². The number of aromatic hydroxyl groups is 1. The third-order valence-electron chi connectivity index (χ3n) is 3.58. The van der Waals surface area contributed by atoms with E-state index >= 15 is 0 Å². The molecule has 2 N–H and O–H groups in total. The predicted molar refractivity (Wildman–Crippen MR) is 92.6 cm³/mol. The molecule has 128 valence electrons. The van der Waals surface area contributed by atoms with Gasteiger partial charge in [-0.1, -0.05) is 24.3 Å². The Morgan fingerprint density at radius 1 is 0.960 bits per heavy atom. The van der Waals surface area contributed by atoms with Crippen molar-refractivity contribution in [1.29, 1.82) is 0 Å². The van der Waals surface area contributed by atoms with Crippen LogP contribution in [0, 0.1) is 0 Å². The lowest BCUT2D eigenvalue weighted by molar-refractivity contribution is 0.415. The van der Waals surface area contributed by atoms with Crippen LogP contribution < -0.4 is 4.74 Å². The van der Waals surface area contributed by atoms with Crippen molar-refractivity contribution in [3.8, 4) is 11.5 Å². The lowest BCUT2D eigenvalue weighted by Crippen LogP contribution is -1.99. The van der Waals surface area contributed by atoms with E-state index in [2.05, 4.69) is 10.2 Å². The fourth-order valence-corrected chi connectivity index (χ4v) is 3.08. The molecule has 0 unspecified atom stereocenters. The minimum absolute atomic E-state index is 0.0675. The van der Waals surface area contributed by atoms with E-state index in [0.29, 0.717) is 11.4 Å². The molecule has 0 saturated heterocycles. The fraction of sp³-hybridized carbons (Fsp3) is 0.0588. The summed E-state index contributed by atoms with van der Waals surface area (Å²) < 4.78 is 37.8. The third-order valence-corrected chi connectivity index (χ3v) is 4.48. The molecule has 0 heterocycles. The number of hydrogen-bond acceptors (Lipinski definition) is 6. The summed E-state index contributed by atoms with van der Waals surface area (Å²) in [4.78, 5) is -0.343. The average molecular weight is 358 g/mol. The molecule has 3 aromatic rings. The van der Waals surface area contributed by atoms with Gasteiger partial charge in [-0.25, -0.2) is 0 Å². The van der Waals surface area contributed by atoms with Crippen LogP contribution in [0.15, 0.2) is 69.7 Å². The molecule has 25 heavy (non-hydrogen) atoms. The molecule has 0 atom stereocenters. The van der Waals surface area contributed by atoms with Gasteiger partial charge in [0.25, 0.3) is 10.1 Å². The highest BCUT2D eigenvalue weighted by Gasteiger charge is 2.19. The molecule has 0 bridgehead atoms. The average Bonchev–Trinajstić information content (AvgIpc) is 2.61. The molecule has 8 heteroatoms. The van der Waals surface area contributed by atoms with Crippen molar-refractivity contribution in [2.24, 2.45) is 10.2 Å². The van der Waals surface area contributed by atoms with E-state index in [-0.39, 0.29) is 27.1 Å². The number of fused-ring (bicyclic) bond motifs is 1. The van der Waals surface area contributed by atoms with Gasteiger partial charge in [0, 0.05) is 10.8 Å². The zero-order chi connectivity index (χ0) is 18.0. The lowest BCUT2D eigenvalue weighted by Gasteiger charge is -2.08. The second-order valence-electron chi connectivity index (χ2n) is 5.16. The molecular weight excluding hydrogens is 344 g/mol. The number of benzene rings is 3. The quantitative estimate of drug-likeness (QED) is 0.536. The normalized spacial score (nSPS) is 11.9. The number of phenolic OH excluding ortho intramolecular Hbond substituents is 1. The predicted octanol–water partition coefficient (Wildman–Crippen LogP) is 4.22. The third kappa shape index (κ3) is 3.44. The second-order valence-corrected chi connectivity index (χ2v) is 6.55. The molecule has 0 fully saturated rings. The van der Waals surface area contributed by atoms with E-state index in [1.54, 1.807) is 43.5 Å². The van der Waals surface area contributed by atoms with Gasteiger partial charge in [-0.3, -0.25) is 4.55 Å². The van der Waals surface area contributed by atoms with Gasteiger partial charge in [-0.15, -0.1) is 5.11 Å². The standard InChI is InChI=1S/C17H14N2O5S/c1-24-12-8-6-11(7-9-12)18-19-15-10-16(25(21,22)23)13-4-2-3-5-14(13)17(15)20/h2-10,20H,1H3,(H,21,22,23). The molecule has 0 aromatic heterocycles. The Labute approximate surface area is 144 Å². The first kappa shape index (κ1) is 16.9. The van der Waals surface area contributed by atoms with Crippen molar-refractivity contribution in [2.75, 3.05) is 7.11 Å². The monoisotopic (exact) mass is 358 g/mol. The Balaban J connectivity index is 2.12. The summed E-state index contributed by atoms with van der Waals surface area (Å²) >= 11 is 0. The van der Waals surface area contributed by atoms with Crippen molar-refractivity contribution in [3.05, 3.63) is 54.6 Å². The lowest BCUT2D eigenvalue weighted by atomic mass is 10.1. The SMILES string of the molecule is COc1ccc(N=Nc2cc(S(=O)(=O)O)c3ccccc3c2O)cc1. The summed E-state index contributed by atoms with van der Waals surface area (Å²) in [6, 6.07) is 14.0. The topological polar surface area (TPSA) is 109 Å². The van der Waals surface area contributed by atoms with Crippen LogP contribution in [0.1, 0.15) is 0 Å². The highest BCUT2D eigenvalue weighted by atomic mass is 32.2. The fourth-order valence-electron chi connectivity index (χ4n) is 2.36. The zero-order valence-corrected chi connectivity index (χ0v) is 13.9. The first-order valence-electron chi connectivity index (χ1n) is 7.18. The van der Waals surface area contributed by atoms with Crippen molar-refractivity contribution >= 4 is 32.3 Å². The molecule has 0 aliphatic rings. The van der Waals surface area contributed by atoms with Crippen LogP contribution in [0.4, 0.5) is 11.4 Å². The molecule has 0 saturated carbocycles. The van der Waals surface area contributed by atoms with E-state index < -0.39 is 10.1 Å². The molecule has 0 aliphatic heterocycles. The maximum Gasteiger partial charge on any atom is 0.295 e. The first-order valence-corrected chi connectivity index (χ1v) is 8.62. The second kappa shape index (κ2) is 6.50. The van der Waals surface area contributed by atoms with Crippen LogP contribution in [0.2, 0.25) is 0 Å². The molecule has 0 radical (unpaired) electrons. The van der Waals surface area contributed by atoms with Gasteiger partial charge in [0.1, 0.15) is 16.3 Å². The summed E-state index contributed by atoms with van der Waals surface area (Å²) in [7, 11) is -2.95. The maximum atomic E-state index is 11.6. The van der Waals surface area contributed by atoms with Crippen LogP contribution in [0.5, 0.6) is 11.5 Å². The number of azo groups is 1. The van der Waals surface area contributed by atoms with Gasteiger partial charge in [-0.2, -0.15) is 13.5 Å². The Morgan fingerprint density at radius 2 is 1.60 bits per heavy atom. The number of rotatable bonds is 4. The molecule has 3 aromatic carbocycles. The van der Waals surface area contributed by atoms with E-state index in [9.17, 15) is 18.1 Å². The number of nitrogens with zero attached hydrogens (tertiary/aromatic N) is 2. The van der Waals surface area contributed by atoms with Gasteiger partial charge in [0.2, 0.25) is 0 Å². The summed E-state index contributed by atoms with van der Waals surface area (Å²) in [5, 5.41) is 18.7. The summed E-state index contributed by atoms with van der Waals surface area (Å²) in [6.07, 6.45) is 0. The van der Waals surface area contributed by atoms with E-state index in [1.165, 1.54) is 12.1 Å². The molecule has 0 aliphatic carbocycles. The minimum atomic E-state index is -4.49. The van der Waals surface area contributed by atoms with Gasteiger partial charge >= 0.3 is 0 Å². The molecular formula is C17H14N2O5S. The number of methoxy groups -OCH3 is 1.